The van der Waals surface area contributed by atoms with E-state index < -0.39 is 0 Å². The average molecular weight is 355 g/mol. The third kappa shape index (κ3) is 4.45. The predicted octanol–water partition coefficient (Wildman–Crippen LogP) is 2.77. The molecule has 1 aliphatic rings. The van der Waals surface area contributed by atoms with Crippen molar-refractivity contribution in [2.75, 3.05) is 26.2 Å². The molecule has 2 atom stereocenters. The molecule has 2 rings (SSSR count). The fraction of sp³-hybridized carbons (Fsp3) is 0.562. The van der Waals surface area contributed by atoms with E-state index in [0.29, 0.717) is 18.7 Å². The Hall–Kier alpha value is -1.07. The summed E-state index contributed by atoms with van der Waals surface area (Å²) < 4.78 is 6.84. The Bertz CT molecular complexity index is 466. The highest BCUT2D eigenvalue weighted by molar-refractivity contribution is 9.10. The Labute approximate surface area is 135 Å². The van der Waals surface area contributed by atoms with E-state index in [1.165, 1.54) is 0 Å². The lowest BCUT2D eigenvalue weighted by atomic mass is 10.1. The van der Waals surface area contributed by atoms with Crippen LogP contribution in [0, 0.1) is 0 Å². The van der Waals surface area contributed by atoms with E-state index in [0.717, 1.165) is 29.9 Å². The molecular formula is C16H23BrN2O2. The third-order valence-electron chi connectivity index (χ3n) is 3.98. The maximum absolute atomic E-state index is 11.5. The highest BCUT2D eigenvalue weighted by Gasteiger charge is 2.30. The zero-order valence-corrected chi connectivity index (χ0v) is 14.5. The molecule has 2 unspecified atom stereocenters. The molecule has 0 spiro atoms. The van der Waals surface area contributed by atoms with E-state index in [1.807, 2.05) is 29.2 Å². The minimum absolute atomic E-state index is 0.166. The van der Waals surface area contributed by atoms with Crippen LogP contribution in [0.4, 0.5) is 0 Å². The van der Waals surface area contributed by atoms with Crippen LogP contribution in [-0.4, -0.2) is 54.0 Å². The predicted molar refractivity (Wildman–Crippen MR) is 87.5 cm³/mol. The van der Waals surface area contributed by atoms with Gasteiger partial charge in [0.25, 0.3) is 0 Å². The van der Waals surface area contributed by atoms with Gasteiger partial charge in [0, 0.05) is 43.1 Å². The third-order valence-corrected chi connectivity index (χ3v) is 4.51. The molecule has 0 aliphatic carbocycles. The van der Waals surface area contributed by atoms with Crippen LogP contribution in [0.25, 0.3) is 0 Å². The van der Waals surface area contributed by atoms with Crippen molar-refractivity contribution in [3.05, 3.63) is 28.7 Å². The molecule has 4 nitrogen and oxygen atoms in total. The van der Waals surface area contributed by atoms with Crippen molar-refractivity contribution in [1.82, 2.24) is 9.80 Å². The van der Waals surface area contributed by atoms with Gasteiger partial charge in [0.1, 0.15) is 12.4 Å². The normalized spacial score (nSPS) is 23.1. The molecule has 1 fully saturated rings. The van der Waals surface area contributed by atoms with Crippen LogP contribution in [0.3, 0.4) is 0 Å². The number of carbonyl (C=O) groups excluding carboxylic acids is 1. The van der Waals surface area contributed by atoms with Gasteiger partial charge in [-0.05, 0) is 38.1 Å². The lowest BCUT2D eigenvalue weighted by Crippen LogP contribution is -2.58. The molecule has 0 saturated carbocycles. The van der Waals surface area contributed by atoms with Crippen LogP contribution in [0.15, 0.2) is 28.7 Å². The first kappa shape index (κ1) is 16.3. The van der Waals surface area contributed by atoms with E-state index in [-0.39, 0.29) is 5.91 Å². The van der Waals surface area contributed by atoms with Gasteiger partial charge in [-0.25, -0.2) is 0 Å². The number of halogens is 1. The molecule has 116 valence electrons. The van der Waals surface area contributed by atoms with Crippen molar-refractivity contribution >= 4 is 21.8 Å². The Morgan fingerprint density at radius 1 is 1.24 bits per heavy atom. The number of rotatable bonds is 4. The molecule has 1 aromatic rings. The molecule has 1 saturated heterocycles. The van der Waals surface area contributed by atoms with Crippen molar-refractivity contribution in [3.8, 4) is 5.75 Å². The Morgan fingerprint density at radius 3 is 2.33 bits per heavy atom. The van der Waals surface area contributed by atoms with E-state index in [1.54, 1.807) is 6.92 Å². The van der Waals surface area contributed by atoms with Crippen molar-refractivity contribution in [3.63, 3.8) is 0 Å². The standard InChI is InChI=1S/C16H23BrN2O2/c1-12-10-18(14(3)20)11-13(2)19(12)8-9-21-16-6-4-15(17)5-7-16/h4-7,12-13H,8-11H2,1-3H3. The maximum Gasteiger partial charge on any atom is 0.219 e. The minimum atomic E-state index is 0.166. The first-order valence-electron chi connectivity index (χ1n) is 7.37. The van der Waals surface area contributed by atoms with Crippen LogP contribution in [-0.2, 0) is 4.79 Å². The van der Waals surface area contributed by atoms with E-state index in [9.17, 15) is 4.79 Å². The minimum Gasteiger partial charge on any atom is -0.492 e. The molecule has 0 N–H and O–H groups in total. The summed E-state index contributed by atoms with van der Waals surface area (Å²) in [5.74, 6) is 1.06. The summed E-state index contributed by atoms with van der Waals surface area (Å²) in [6.45, 7) is 9.14. The first-order valence-corrected chi connectivity index (χ1v) is 8.16. The number of nitrogens with zero attached hydrogens (tertiary/aromatic N) is 2. The average Bonchev–Trinajstić information content (AvgIpc) is 2.43. The number of piperazine rings is 1. The van der Waals surface area contributed by atoms with E-state index in [4.69, 9.17) is 4.74 Å². The molecule has 1 heterocycles. The molecule has 0 bridgehead atoms. The highest BCUT2D eigenvalue weighted by atomic mass is 79.9. The summed E-state index contributed by atoms with van der Waals surface area (Å²) >= 11 is 3.41. The smallest absolute Gasteiger partial charge is 0.219 e. The SMILES string of the molecule is CC(=O)N1CC(C)N(CCOc2ccc(Br)cc2)C(C)C1. The van der Waals surface area contributed by atoms with E-state index >= 15 is 0 Å². The quantitative estimate of drug-likeness (QED) is 0.833. The second-order valence-corrected chi connectivity index (χ2v) is 6.58. The molecular weight excluding hydrogens is 332 g/mol. The monoisotopic (exact) mass is 354 g/mol. The van der Waals surface area contributed by atoms with Gasteiger partial charge < -0.3 is 9.64 Å². The zero-order chi connectivity index (χ0) is 15.4. The second-order valence-electron chi connectivity index (χ2n) is 5.66. The number of hydrogen-bond donors (Lipinski definition) is 0. The summed E-state index contributed by atoms with van der Waals surface area (Å²) in [5, 5.41) is 0. The maximum atomic E-state index is 11.5. The molecule has 0 radical (unpaired) electrons. The molecule has 1 aromatic carbocycles. The van der Waals surface area contributed by atoms with Gasteiger partial charge in [0.15, 0.2) is 0 Å². The zero-order valence-electron chi connectivity index (χ0n) is 12.9. The number of benzene rings is 1. The molecule has 21 heavy (non-hydrogen) atoms. The topological polar surface area (TPSA) is 32.8 Å². The van der Waals surface area contributed by atoms with Gasteiger partial charge in [-0.15, -0.1) is 0 Å². The van der Waals surface area contributed by atoms with Gasteiger partial charge in [0.2, 0.25) is 5.91 Å². The largest absolute Gasteiger partial charge is 0.492 e. The fourth-order valence-corrected chi connectivity index (χ4v) is 3.12. The summed E-state index contributed by atoms with van der Waals surface area (Å²) in [6.07, 6.45) is 0. The van der Waals surface area contributed by atoms with Crippen molar-refractivity contribution < 1.29 is 9.53 Å². The van der Waals surface area contributed by atoms with Crippen LogP contribution in [0.1, 0.15) is 20.8 Å². The van der Waals surface area contributed by atoms with E-state index in [2.05, 4.69) is 34.7 Å². The lowest BCUT2D eigenvalue weighted by molar-refractivity contribution is -0.133. The van der Waals surface area contributed by atoms with Crippen LogP contribution >= 0.6 is 15.9 Å². The van der Waals surface area contributed by atoms with Crippen molar-refractivity contribution in [2.24, 2.45) is 0 Å². The van der Waals surface area contributed by atoms with Crippen molar-refractivity contribution in [2.45, 2.75) is 32.9 Å². The summed E-state index contributed by atoms with van der Waals surface area (Å²) in [4.78, 5) is 15.8. The van der Waals surface area contributed by atoms with Gasteiger partial charge >= 0.3 is 0 Å². The molecule has 5 heteroatoms. The van der Waals surface area contributed by atoms with Crippen molar-refractivity contribution in [1.29, 1.82) is 0 Å². The molecule has 0 aromatic heterocycles. The van der Waals surface area contributed by atoms with Gasteiger partial charge in [0.05, 0.1) is 0 Å². The number of carbonyl (C=O) groups is 1. The Balaban J connectivity index is 1.82. The Kier molecular flexibility index (Phi) is 5.65. The van der Waals surface area contributed by atoms with Crippen LogP contribution in [0.5, 0.6) is 5.75 Å². The summed E-state index contributed by atoms with van der Waals surface area (Å²) in [6, 6.07) is 8.62. The van der Waals surface area contributed by atoms with Gasteiger partial charge in [-0.2, -0.15) is 0 Å². The lowest BCUT2D eigenvalue weighted by Gasteiger charge is -2.44. The van der Waals surface area contributed by atoms with Gasteiger partial charge in [-0.3, -0.25) is 9.69 Å². The number of ether oxygens (including phenoxy) is 1. The molecule has 1 aliphatic heterocycles. The summed E-state index contributed by atoms with van der Waals surface area (Å²) in [7, 11) is 0. The Morgan fingerprint density at radius 2 is 1.81 bits per heavy atom. The second kappa shape index (κ2) is 7.27. The first-order chi connectivity index (χ1) is 9.97. The number of amides is 1. The summed E-state index contributed by atoms with van der Waals surface area (Å²) in [5.41, 5.74) is 0. The van der Waals surface area contributed by atoms with Crippen LogP contribution in [0.2, 0.25) is 0 Å². The van der Waals surface area contributed by atoms with Gasteiger partial charge in [-0.1, -0.05) is 15.9 Å². The highest BCUT2D eigenvalue weighted by Crippen LogP contribution is 2.18. The number of hydrogen-bond acceptors (Lipinski definition) is 3. The van der Waals surface area contributed by atoms with Crippen LogP contribution < -0.4 is 4.74 Å². The molecule has 1 amide bonds. The fourth-order valence-electron chi connectivity index (χ4n) is 2.85.